The standard InChI is InChI=1S/C32H37NO8/c1-2-3-12-37-14-16-39-17-15-38-13-4-11-33-31(36)22-5-8-26-23(18-22)21-40-32(26)27-9-6-24(34)19-29(27)41-30-20-25(35)7-10-28(30)32/h5-10,18-20,34-35H,2-4,11-17,21H2,1H3,(H,33,36). The molecular formula is C32H37NO8. The molecule has 1 amide bonds. The minimum Gasteiger partial charge on any atom is -0.508 e. The van der Waals surface area contributed by atoms with E-state index >= 15 is 0 Å². The molecule has 0 aliphatic carbocycles. The number of phenolic OH excluding ortho intramolecular Hbond substituents is 2. The minimum atomic E-state index is -0.988. The molecular weight excluding hydrogens is 526 g/mol. The number of hydrogen-bond acceptors (Lipinski definition) is 8. The molecule has 3 N–H and O–H groups in total. The molecule has 0 saturated heterocycles. The highest BCUT2D eigenvalue weighted by Gasteiger charge is 2.49. The lowest BCUT2D eigenvalue weighted by molar-refractivity contribution is 0.0137. The third-order valence-corrected chi connectivity index (χ3v) is 7.24. The normalized spacial score (nSPS) is 14.3. The number of ether oxygens (including phenoxy) is 5. The highest BCUT2D eigenvalue weighted by atomic mass is 16.5. The maximum atomic E-state index is 12.9. The van der Waals surface area contributed by atoms with Crippen LogP contribution in [-0.4, -0.2) is 62.3 Å². The topological polar surface area (TPSA) is 116 Å². The van der Waals surface area contributed by atoms with Crippen molar-refractivity contribution in [3.8, 4) is 23.0 Å². The van der Waals surface area contributed by atoms with Crippen molar-refractivity contribution in [1.29, 1.82) is 0 Å². The van der Waals surface area contributed by atoms with Gasteiger partial charge in [0.25, 0.3) is 5.91 Å². The van der Waals surface area contributed by atoms with Gasteiger partial charge in [0.1, 0.15) is 23.0 Å². The maximum Gasteiger partial charge on any atom is 0.251 e. The zero-order chi connectivity index (χ0) is 28.7. The van der Waals surface area contributed by atoms with Crippen molar-refractivity contribution in [3.05, 3.63) is 82.4 Å². The van der Waals surface area contributed by atoms with Crippen LogP contribution in [0, 0.1) is 0 Å². The molecule has 3 aromatic rings. The summed E-state index contributed by atoms with van der Waals surface area (Å²) in [6, 6.07) is 15.4. The predicted molar refractivity (Wildman–Crippen MR) is 152 cm³/mol. The van der Waals surface area contributed by atoms with Crippen molar-refractivity contribution in [2.45, 2.75) is 38.4 Å². The van der Waals surface area contributed by atoms with E-state index in [2.05, 4.69) is 12.2 Å². The number of unbranched alkanes of at least 4 members (excludes halogenated alkanes) is 1. The summed E-state index contributed by atoms with van der Waals surface area (Å²) in [6.07, 6.45) is 2.89. The number of nitrogens with one attached hydrogen (secondary N) is 1. The first-order valence-electron chi connectivity index (χ1n) is 14.2. The highest BCUT2D eigenvalue weighted by molar-refractivity contribution is 5.94. The van der Waals surface area contributed by atoms with Gasteiger partial charge in [0.05, 0.1) is 33.0 Å². The van der Waals surface area contributed by atoms with Crippen LogP contribution in [0.15, 0.2) is 54.6 Å². The Morgan fingerprint density at radius 2 is 1.39 bits per heavy atom. The quantitative estimate of drug-likeness (QED) is 0.235. The summed E-state index contributed by atoms with van der Waals surface area (Å²) < 4.78 is 29.0. The van der Waals surface area contributed by atoms with Gasteiger partial charge in [0, 0.05) is 48.6 Å². The molecule has 1 spiro atoms. The van der Waals surface area contributed by atoms with E-state index in [0.29, 0.717) is 63.1 Å². The molecule has 9 nitrogen and oxygen atoms in total. The summed E-state index contributed by atoms with van der Waals surface area (Å²) in [5, 5.41) is 23.1. The van der Waals surface area contributed by atoms with Crippen LogP contribution in [0.25, 0.3) is 0 Å². The van der Waals surface area contributed by atoms with E-state index in [1.807, 2.05) is 12.1 Å². The number of carbonyl (C=O) groups excluding carboxylic acids is 1. The van der Waals surface area contributed by atoms with Crippen molar-refractivity contribution in [2.24, 2.45) is 0 Å². The molecule has 0 atom stereocenters. The van der Waals surface area contributed by atoms with Gasteiger partial charge in [-0.3, -0.25) is 4.79 Å². The predicted octanol–water partition coefficient (Wildman–Crippen LogP) is 5.00. The van der Waals surface area contributed by atoms with E-state index in [9.17, 15) is 15.0 Å². The molecule has 2 aliphatic heterocycles. The maximum absolute atomic E-state index is 12.9. The van der Waals surface area contributed by atoms with Crippen molar-refractivity contribution in [1.82, 2.24) is 5.32 Å². The third kappa shape index (κ3) is 6.33. The van der Waals surface area contributed by atoms with Gasteiger partial charge in [-0.05, 0) is 60.4 Å². The molecule has 9 heteroatoms. The molecule has 5 rings (SSSR count). The second kappa shape index (κ2) is 13.4. The molecule has 3 aromatic carbocycles. The first-order valence-corrected chi connectivity index (χ1v) is 14.2. The Hall–Kier alpha value is -3.63. The molecule has 0 radical (unpaired) electrons. The number of aromatic hydroxyl groups is 2. The first kappa shape index (κ1) is 28.9. The van der Waals surface area contributed by atoms with Gasteiger partial charge < -0.3 is 39.2 Å². The second-order valence-corrected chi connectivity index (χ2v) is 10.1. The number of fused-ring (bicyclic) bond motifs is 6. The van der Waals surface area contributed by atoms with E-state index in [0.717, 1.165) is 41.7 Å². The van der Waals surface area contributed by atoms with E-state index in [4.69, 9.17) is 23.7 Å². The summed E-state index contributed by atoms with van der Waals surface area (Å²) in [4.78, 5) is 12.9. The fourth-order valence-electron chi connectivity index (χ4n) is 5.21. The lowest BCUT2D eigenvalue weighted by Gasteiger charge is -2.37. The Bertz CT molecular complexity index is 1310. The first-order chi connectivity index (χ1) is 20.0. The summed E-state index contributed by atoms with van der Waals surface area (Å²) in [6.45, 7) is 6.42. The van der Waals surface area contributed by atoms with Crippen molar-refractivity contribution >= 4 is 5.91 Å². The number of hydrogen-bond donors (Lipinski definition) is 3. The molecule has 41 heavy (non-hydrogen) atoms. The molecule has 0 aromatic heterocycles. The van der Waals surface area contributed by atoms with Crippen molar-refractivity contribution in [3.63, 3.8) is 0 Å². The molecule has 0 fully saturated rings. The van der Waals surface area contributed by atoms with Gasteiger partial charge >= 0.3 is 0 Å². The molecule has 2 heterocycles. The molecule has 0 saturated carbocycles. The van der Waals surface area contributed by atoms with Crippen LogP contribution < -0.4 is 10.1 Å². The number of carbonyl (C=O) groups is 1. The monoisotopic (exact) mass is 563 g/mol. The lowest BCUT2D eigenvalue weighted by atomic mass is 9.77. The molecule has 2 aliphatic rings. The van der Waals surface area contributed by atoms with Gasteiger partial charge in [-0.25, -0.2) is 0 Å². The van der Waals surface area contributed by atoms with Gasteiger partial charge in [-0.1, -0.05) is 19.4 Å². The molecule has 0 unspecified atom stereocenters. The zero-order valence-electron chi connectivity index (χ0n) is 23.3. The fourth-order valence-corrected chi connectivity index (χ4v) is 5.21. The largest absolute Gasteiger partial charge is 0.508 e. The Morgan fingerprint density at radius 3 is 2.02 bits per heavy atom. The number of phenols is 2. The Labute approximate surface area is 240 Å². The zero-order valence-corrected chi connectivity index (χ0v) is 23.3. The average Bonchev–Trinajstić information content (AvgIpc) is 3.34. The smallest absolute Gasteiger partial charge is 0.251 e. The van der Waals surface area contributed by atoms with E-state index in [1.54, 1.807) is 30.3 Å². The lowest BCUT2D eigenvalue weighted by Crippen LogP contribution is -2.32. The average molecular weight is 564 g/mol. The van der Waals surface area contributed by atoms with Crippen LogP contribution >= 0.6 is 0 Å². The van der Waals surface area contributed by atoms with Gasteiger partial charge in [-0.15, -0.1) is 0 Å². The van der Waals surface area contributed by atoms with Crippen molar-refractivity contribution in [2.75, 3.05) is 46.2 Å². The third-order valence-electron chi connectivity index (χ3n) is 7.24. The molecule has 0 bridgehead atoms. The molecule has 218 valence electrons. The number of amides is 1. The van der Waals surface area contributed by atoms with Gasteiger partial charge in [-0.2, -0.15) is 0 Å². The van der Waals surface area contributed by atoms with E-state index in [1.165, 1.54) is 12.1 Å². The summed E-state index contributed by atoms with van der Waals surface area (Å²) in [7, 11) is 0. The van der Waals surface area contributed by atoms with Crippen LogP contribution in [0.5, 0.6) is 23.0 Å². The van der Waals surface area contributed by atoms with Crippen molar-refractivity contribution < 1.29 is 38.7 Å². The summed E-state index contributed by atoms with van der Waals surface area (Å²) in [5.74, 6) is 0.859. The van der Waals surface area contributed by atoms with E-state index < -0.39 is 5.60 Å². The fraction of sp³-hybridized carbons (Fsp3) is 0.406. The van der Waals surface area contributed by atoms with Gasteiger partial charge in [0.2, 0.25) is 0 Å². The van der Waals surface area contributed by atoms with Gasteiger partial charge in [0.15, 0.2) is 5.60 Å². The Balaban J connectivity index is 1.15. The van der Waals surface area contributed by atoms with Crippen LogP contribution in [0.3, 0.4) is 0 Å². The number of benzene rings is 3. The van der Waals surface area contributed by atoms with E-state index in [-0.39, 0.29) is 24.0 Å². The highest BCUT2D eigenvalue weighted by Crippen LogP contribution is 2.57. The minimum absolute atomic E-state index is 0.0646. The number of rotatable bonds is 14. The van der Waals surface area contributed by atoms with Crippen LogP contribution in [0.1, 0.15) is 58.8 Å². The van der Waals surface area contributed by atoms with Crippen LogP contribution in [0.4, 0.5) is 0 Å². The second-order valence-electron chi connectivity index (χ2n) is 10.1. The summed E-state index contributed by atoms with van der Waals surface area (Å²) in [5.41, 5.74) is 2.82. The SMILES string of the molecule is CCCCOCCOCCOCCCNC(=O)c1ccc2c(c1)COC21c2ccc(O)cc2Oc2cc(O)ccc21. The van der Waals surface area contributed by atoms with Crippen LogP contribution in [0.2, 0.25) is 0 Å². The summed E-state index contributed by atoms with van der Waals surface area (Å²) >= 11 is 0. The van der Waals surface area contributed by atoms with Crippen LogP contribution in [-0.2, 0) is 31.2 Å². The Morgan fingerprint density at radius 1 is 0.805 bits per heavy atom. The Kier molecular flexibility index (Phi) is 9.41.